The van der Waals surface area contributed by atoms with Gasteiger partial charge in [-0.3, -0.25) is 0 Å². The molecule has 0 bridgehead atoms. The fourth-order valence-electron chi connectivity index (χ4n) is 1.07. The van der Waals surface area contributed by atoms with Crippen LogP contribution in [-0.4, -0.2) is 19.9 Å². The SMILES string of the molecule is COc1ccc(C)c(NCC=O)c1. The average Bonchev–Trinajstić information content (AvgIpc) is 2.17. The Balaban J connectivity index is 2.83. The predicted octanol–water partition coefficient (Wildman–Crippen LogP) is 1.61. The van der Waals surface area contributed by atoms with Crippen LogP contribution >= 0.6 is 0 Å². The molecule has 1 aromatic carbocycles. The number of ether oxygens (including phenoxy) is 1. The quantitative estimate of drug-likeness (QED) is 0.714. The molecule has 0 saturated carbocycles. The first-order valence-electron chi connectivity index (χ1n) is 4.10. The lowest BCUT2D eigenvalue weighted by atomic mass is 10.2. The second-order valence-corrected chi connectivity index (χ2v) is 2.73. The summed E-state index contributed by atoms with van der Waals surface area (Å²) in [5.41, 5.74) is 2.04. The van der Waals surface area contributed by atoms with Crippen LogP contribution < -0.4 is 10.1 Å². The molecule has 3 heteroatoms. The van der Waals surface area contributed by atoms with Crippen molar-refractivity contribution in [3.05, 3.63) is 23.8 Å². The third-order valence-electron chi connectivity index (χ3n) is 1.82. The number of anilines is 1. The number of nitrogens with one attached hydrogen (secondary N) is 1. The normalized spacial score (nSPS) is 9.38. The minimum Gasteiger partial charge on any atom is -0.497 e. The van der Waals surface area contributed by atoms with E-state index in [1.807, 2.05) is 25.1 Å². The summed E-state index contributed by atoms with van der Waals surface area (Å²) >= 11 is 0. The number of benzene rings is 1. The Labute approximate surface area is 77.7 Å². The summed E-state index contributed by atoms with van der Waals surface area (Å²) in [4.78, 5) is 10.2. The molecular weight excluding hydrogens is 166 g/mol. The Kier molecular flexibility index (Phi) is 3.31. The van der Waals surface area contributed by atoms with Gasteiger partial charge in [-0.25, -0.2) is 0 Å². The Morgan fingerprint density at radius 3 is 2.92 bits per heavy atom. The molecule has 0 unspecified atom stereocenters. The summed E-state index contributed by atoms with van der Waals surface area (Å²) in [7, 11) is 1.62. The second-order valence-electron chi connectivity index (χ2n) is 2.73. The summed E-state index contributed by atoms with van der Waals surface area (Å²) in [6.07, 6.45) is 0.832. The van der Waals surface area contributed by atoms with Crippen molar-refractivity contribution in [2.45, 2.75) is 6.92 Å². The molecule has 3 nitrogen and oxygen atoms in total. The molecule has 0 spiro atoms. The van der Waals surface area contributed by atoms with Gasteiger partial charge in [0.2, 0.25) is 0 Å². The zero-order valence-electron chi connectivity index (χ0n) is 7.83. The van der Waals surface area contributed by atoms with Gasteiger partial charge in [0.15, 0.2) is 0 Å². The lowest BCUT2D eigenvalue weighted by molar-refractivity contribution is -0.106. The Bertz CT molecular complexity index is 297. The van der Waals surface area contributed by atoms with E-state index in [9.17, 15) is 4.79 Å². The number of hydrogen-bond donors (Lipinski definition) is 1. The van der Waals surface area contributed by atoms with Crippen molar-refractivity contribution >= 4 is 12.0 Å². The topological polar surface area (TPSA) is 38.3 Å². The van der Waals surface area contributed by atoms with E-state index in [0.29, 0.717) is 6.54 Å². The minimum atomic E-state index is 0.327. The van der Waals surface area contributed by atoms with Gasteiger partial charge in [-0.15, -0.1) is 0 Å². The van der Waals surface area contributed by atoms with Crippen molar-refractivity contribution in [2.24, 2.45) is 0 Å². The largest absolute Gasteiger partial charge is 0.497 e. The zero-order valence-corrected chi connectivity index (χ0v) is 7.83. The van der Waals surface area contributed by atoms with Crippen LogP contribution in [0.3, 0.4) is 0 Å². The molecule has 0 atom stereocenters. The van der Waals surface area contributed by atoms with E-state index in [1.165, 1.54) is 0 Å². The number of carbonyl (C=O) groups excluding carboxylic acids is 1. The highest BCUT2D eigenvalue weighted by molar-refractivity contribution is 5.62. The van der Waals surface area contributed by atoms with Gasteiger partial charge in [0.05, 0.1) is 13.7 Å². The highest BCUT2D eigenvalue weighted by Gasteiger charge is 1.98. The van der Waals surface area contributed by atoms with Crippen LogP contribution in [0, 0.1) is 6.92 Å². The Hall–Kier alpha value is -1.51. The van der Waals surface area contributed by atoms with Gasteiger partial charge in [-0.05, 0) is 18.6 Å². The van der Waals surface area contributed by atoms with Gasteiger partial charge >= 0.3 is 0 Å². The van der Waals surface area contributed by atoms with Gasteiger partial charge in [0.25, 0.3) is 0 Å². The van der Waals surface area contributed by atoms with Gasteiger partial charge in [0.1, 0.15) is 12.0 Å². The number of carbonyl (C=O) groups is 1. The van der Waals surface area contributed by atoms with E-state index in [-0.39, 0.29) is 0 Å². The van der Waals surface area contributed by atoms with E-state index < -0.39 is 0 Å². The van der Waals surface area contributed by atoms with Crippen LogP contribution in [0.1, 0.15) is 5.56 Å². The molecule has 0 fully saturated rings. The molecular formula is C10H13NO2. The van der Waals surface area contributed by atoms with Crippen molar-refractivity contribution in [3.8, 4) is 5.75 Å². The Morgan fingerprint density at radius 1 is 1.54 bits per heavy atom. The van der Waals surface area contributed by atoms with E-state index in [0.717, 1.165) is 23.3 Å². The molecule has 1 aromatic rings. The molecule has 70 valence electrons. The highest BCUT2D eigenvalue weighted by Crippen LogP contribution is 2.21. The van der Waals surface area contributed by atoms with Crippen LogP contribution in [-0.2, 0) is 4.79 Å². The number of hydrogen-bond acceptors (Lipinski definition) is 3. The van der Waals surface area contributed by atoms with Crippen LogP contribution in [0.4, 0.5) is 5.69 Å². The number of aryl methyl sites for hydroxylation is 1. The van der Waals surface area contributed by atoms with Gasteiger partial charge < -0.3 is 14.8 Å². The molecule has 0 heterocycles. The van der Waals surface area contributed by atoms with Gasteiger partial charge in [-0.1, -0.05) is 6.07 Å². The van der Waals surface area contributed by atoms with Crippen LogP contribution in [0.25, 0.3) is 0 Å². The smallest absolute Gasteiger partial charge is 0.139 e. The maximum Gasteiger partial charge on any atom is 0.139 e. The fourth-order valence-corrected chi connectivity index (χ4v) is 1.07. The van der Waals surface area contributed by atoms with Crippen molar-refractivity contribution in [1.29, 1.82) is 0 Å². The van der Waals surface area contributed by atoms with Gasteiger partial charge in [0, 0.05) is 11.8 Å². The maximum atomic E-state index is 10.2. The first-order valence-corrected chi connectivity index (χ1v) is 4.10. The zero-order chi connectivity index (χ0) is 9.68. The van der Waals surface area contributed by atoms with Crippen molar-refractivity contribution in [2.75, 3.05) is 19.0 Å². The van der Waals surface area contributed by atoms with Crippen LogP contribution in [0.5, 0.6) is 5.75 Å². The highest BCUT2D eigenvalue weighted by atomic mass is 16.5. The van der Waals surface area contributed by atoms with E-state index in [4.69, 9.17) is 4.74 Å². The number of aldehydes is 1. The number of rotatable bonds is 4. The predicted molar refractivity (Wildman–Crippen MR) is 52.3 cm³/mol. The molecule has 0 aliphatic carbocycles. The standard InChI is InChI=1S/C10H13NO2/c1-8-3-4-9(13-2)7-10(8)11-5-6-12/h3-4,6-7,11H,5H2,1-2H3. The molecule has 1 N–H and O–H groups in total. The maximum absolute atomic E-state index is 10.2. The summed E-state index contributed by atoms with van der Waals surface area (Å²) < 4.78 is 5.06. The summed E-state index contributed by atoms with van der Waals surface area (Å²) in [5.74, 6) is 0.791. The molecule has 0 saturated heterocycles. The second kappa shape index (κ2) is 4.50. The lowest BCUT2D eigenvalue weighted by Crippen LogP contribution is -2.03. The van der Waals surface area contributed by atoms with Crippen molar-refractivity contribution in [3.63, 3.8) is 0 Å². The lowest BCUT2D eigenvalue weighted by Gasteiger charge is -2.08. The summed E-state index contributed by atoms with van der Waals surface area (Å²) in [6, 6.07) is 5.71. The van der Waals surface area contributed by atoms with E-state index >= 15 is 0 Å². The van der Waals surface area contributed by atoms with Crippen molar-refractivity contribution in [1.82, 2.24) is 0 Å². The summed E-state index contributed by atoms with van der Waals surface area (Å²) in [6.45, 7) is 2.31. The summed E-state index contributed by atoms with van der Waals surface area (Å²) in [5, 5.41) is 2.99. The molecule has 0 amide bonds. The number of methoxy groups -OCH3 is 1. The fraction of sp³-hybridized carbons (Fsp3) is 0.300. The molecule has 0 aromatic heterocycles. The van der Waals surface area contributed by atoms with E-state index in [1.54, 1.807) is 7.11 Å². The molecule has 0 aliphatic rings. The van der Waals surface area contributed by atoms with Crippen LogP contribution in [0.15, 0.2) is 18.2 Å². The molecule has 13 heavy (non-hydrogen) atoms. The first kappa shape index (κ1) is 9.58. The van der Waals surface area contributed by atoms with Crippen molar-refractivity contribution < 1.29 is 9.53 Å². The monoisotopic (exact) mass is 179 g/mol. The average molecular weight is 179 g/mol. The van der Waals surface area contributed by atoms with E-state index in [2.05, 4.69) is 5.32 Å². The minimum absolute atomic E-state index is 0.327. The first-order chi connectivity index (χ1) is 6.27. The molecule has 0 radical (unpaired) electrons. The molecule has 1 rings (SSSR count). The molecule has 0 aliphatic heterocycles. The third kappa shape index (κ3) is 2.47. The van der Waals surface area contributed by atoms with Crippen LogP contribution in [0.2, 0.25) is 0 Å². The third-order valence-corrected chi connectivity index (χ3v) is 1.82. The van der Waals surface area contributed by atoms with Gasteiger partial charge in [-0.2, -0.15) is 0 Å². The Morgan fingerprint density at radius 2 is 2.31 bits per heavy atom.